The molecule has 2 aromatic carbocycles. The topological polar surface area (TPSA) is 63.5 Å². The highest BCUT2D eigenvalue weighted by Gasteiger charge is 2.10. The lowest BCUT2D eigenvalue weighted by Gasteiger charge is -2.08. The second kappa shape index (κ2) is 7.21. The Balaban J connectivity index is 1.60. The lowest BCUT2D eigenvalue weighted by atomic mass is 10.1. The van der Waals surface area contributed by atoms with Gasteiger partial charge in [-0.05, 0) is 42.3 Å². The van der Waals surface area contributed by atoms with E-state index in [-0.39, 0.29) is 11.5 Å². The van der Waals surface area contributed by atoms with Crippen LogP contribution in [0, 0.1) is 0 Å². The standard InChI is InChI=1S/C21H16ClN3O2/c22-16-7-8-18-17(12-16)21(27)25-13-15(6-9-19(25)24-18)20(26)23-11-10-14-4-2-1-3-5-14/h1-9,12-13H,10-11H2,(H,23,26). The van der Waals surface area contributed by atoms with Gasteiger partial charge in [-0.25, -0.2) is 4.98 Å². The van der Waals surface area contributed by atoms with Gasteiger partial charge in [0.25, 0.3) is 11.5 Å². The van der Waals surface area contributed by atoms with Crippen molar-refractivity contribution in [3.63, 3.8) is 0 Å². The molecular weight excluding hydrogens is 362 g/mol. The highest BCUT2D eigenvalue weighted by atomic mass is 35.5. The summed E-state index contributed by atoms with van der Waals surface area (Å²) in [4.78, 5) is 29.6. The minimum Gasteiger partial charge on any atom is -0.352 e. The Labute approximate surface area is 160 Å². The Morgan fingerprint density at radius 3 is 2.70 bits per heavy atom. The van der Waals surface area contributed by atoms with Crippen LogP contribution in [0.4, 0.5) is 0 Å². The second-order valence-corrected chi connectivity index (χ2v) is 6.65. The van der Waals surface area contributed by atoms with E-state index < -0.39 is 0 Å². The van der Waals surface area contributed by atoms with Crippen LogP contribution < -0.4 is 10.9 Å². The molecule has 0 bridgehead atoms. The summed E-state index contributed by atoms with van der Waals surface area (Å²) in [6.45, 7) is 0.515. The molecular formula is C21H16ClN3O2. The highest BCUT2D eigenvalue weighted by molar-refractivity contribution is 6.31. The third kappa shape index (κ3) is 3.55. The van der Waals surface area contributed by atoms with Gasteiger partial charge < -0.3 is 5.32 Å². The minimum absolute atomic E-state index is 0.231. The monoisotopic (exact) mass is 377 g/mol. The molecule has 0 unspecified atom stereocenters. The van der Waals surface area contributed by atoms with Gasteiger partial charge in [-0.1, -0.05) is 41.9 Å². The number of rotatable bonds is 4. The first kappa shape index (κ1) is 17.2. The lowest BCUT2D eigenvalue weighted by Crippen LogP contribution is -2.26. The summed E-state index contributed by atoms with van der Waals surface area (Å²) in [5, 5.41) is 3.77. The van der Waals surface area contributed by atoms with Crippen LogP contribution in [-0.2, 0) is 6.42 Å². The molecule has 5 nitrogen and oxygen atoms in total. The highest BCUT2D eigenvalue weighted by Crippen LogP contribution is 2.16. The number of halogens is 1. The molecule has 2 heterocycles. The van der Waals surface area contributed by atoms with E-state index in [0.717, 1.165) is 12.0 Å². The zero-order valence-electron chi connectivity index (χ0n) is 14.4. The van der Waals surface area contributed by atoms with Crippen LogP contribution in [0.5, 0.6) is 0 Å². The lowest BCUT2D eigenvalue weighted by molar-refractivity contribution is 0.0953. The zero-order valence-corrected chi connectivity index (χ0v) is 15.1. The number of hydrogen-bond donors (Lipinski definition) is 1. The summed E-state index contributed by atoms with van der Waals surface area (Å²) in [6, 6.07) is 18.3. The summed E-state index contributed by atoms with van der Waals surface area (Å²) < 4.78 is 1.38. The molecule has 0 radical (unpaired) electrons. The molecule has 0 atom stereocenters. The summed E-state index contributed by atoms with van der Waals surface area (Å²) in [5.41, 5.74) is 2.36. The Bertz CT molecular complexity index is 1200. The predicted octanol–water partition coefficient (Wildman–Crippen LogP) is 3.47. The van der Waals surface area contributed by atoms with Crippen LogP contribution in [0.15, 0.2) is 71.7 Å². The molecule has 0 spiro atoms. The van der Waals surface area contributed by atoms with E-state index in [2.05, 4.69) is 10.3 Å². The number of carbonyl (C=O) groups excluding carboxylic acids is 1. The van der Waals surface area contributed by atoms with Crippen molar-refractivity contribution >= 4 is 34.1 Å². The van der Waals surface area contributed by atoms with Gasteiger partial charge in [-0.15, -0.1) is 0 Å². The smallest absolute Gasteiger partial charge is 0.265 e. The summed E-state index contributed by atoms with van der Waals surface area (Å²) in [6.07, 6.45) is 2.26. The largest absolute Gasteiger partial charge is 0.352 e. The van der Waals surface area contributed by atoms with Crippen LogP contribution >= 0.6 is 11.6 Å². The van der Waals surface area contributed by atoms with Crippen molar-refractivity contribution in [2.24, 2.45) is 0 Å². The van der Waals surface area contributed by atoms with E-state index in [1.54, 1.807) is 30.3 Å². The molecule has 1 amide bonds. The number of fused-ring (bicyclic) bond motifs is 2. The maximum absolute atomic E-state index is 12.7. The number of hydrogen-bond acceptors (Lipinski definition) is 3. The van der Waals surface area contributed by atoms with E-state index >= 15 is 0 Å². The van der Waals surface area contributed by atoms with Gasteiger partial charge in [0.15, 0.2) is 0 Å². The number of pyridine rings is 1. The van der Waals surface area contributed by atoms with Gasteiger partial charge in [0.1, 0.15) is 5.65 Å². The van der Waals surface area contributed by atoms with E-state index in [9.17, 15) is 9.59 Å². The van der Waals surface area contributed by atoms with E-state index in [0.29, 0.717) is 33.7 Å². The molecule has 1 N–H and O–H groups in total. The summed E-state index contributed by atoms with van der Waals surface area (Å²) in [5.74, 6) is -0.231. The number of carbonyl (C=O) groups is 1. The predicted molar refractivity (Wildman–Crippen MR) is 106 cm³/mol. The van der Waals surface area contributed by atoms with Crippen molar-refractivity contribution in [2.75, 3.05) is 6.54 Å². The van der Waals surface area contributed by atoms with Crippen molar-refractivity contribution in [3.8, 4) is 0 Å². The SMILES string of the molecule is O=C(NCCc1ccccc1)c1ccc2nc3ccc(Cl)cc3c(=O)n2c1. The molecule has 134 valence electrons. The first-order chi connectivity index (χ1) is 13.1. The normalized spacial score (nSPS) is 11.0. The van der Waals surface area contributed by atoms with Crippen molar-refractivity contribution < 1.29 is 4.79 Å². The fraction of sp³-hybridized carbons (Fsp3) is 0.0952. The Kier molecular flexibility index (Phi) is 4.60. The number of nitrogens with zero attached hydrogens (tertiary/aromatic N) is 2. The van der Waals surface area contributed by atoms with Crippen molar-refractivity contribution in [1.29, 1.82) is 0 Å². The van der Waals surface area contributed by atoms with Crippen LogP contribution in [0.25, 0.3) is 16.6 Å². The van der Waals surface area contributed by atoms with Crippen LogP contribution in [0.1, 0.15) is 15.9 Å². The molecule has 27 heavy (non-hydrogen) atoms. The summed E-state index contributed by atoms with van der Waals surface area (Å²) >= 11 is 5.99. The molecule has 4 rings (SSSR count). The Hall–Kier alpha value is -3.18. The average molecular weight is 378 g/mol. The molecule has 0 fully saturated rings. The van der Waals surface area contributed by atoms with E-state index in [1.165, 1.54) is 10.6 Å². The fourth-order valence-electron chi connectivity index (χ4n) is 2.98. The number of aromatic nitrogens is 2. The first-order valence-corrected chi connectivity index (χ1v) is 8.93. The molecule has 6 heteroatoms. The zero-order chi connectivity index (χ0) is 18.8. The maximum Gasteiger partial charge on any atom is 0.265 e. The minimum atomic E-state index is -0.253. The van der Waals surface area contributed by atoms with Gasteiger partial charge in [-0.2, -0.15) is 0 Å². The van der Waals surface area contributed by atoms with Crippen LogP contribution in [0.2, 0.25) is 5.02 Å². The van der Waals surface area contributed by atoms with Gasteiger partial charge in [0.2, 0.25) is 0 Å². The third-order valence-corrected chi connectivity index (χ3v) is 4.61. The van der Waals surface area contributed by atoms with Crippen molar-refractivity contribution in [1.82, 2.24) is 14.7 Å². The number of amides is 1. The number of benzene rings is 2. The van der Waals surface area contributed by atoms with Crippen LogP contribution in [-0.4, -0.2) is 21.8 Å². The van der Waals surface area contributed by atoms with Gasteiger partial charge in [-0.3, -0.25) is 14.0 Å². The third-order valence-electron chi connectivity index (χ3n) is 4.37. The Morgan fingerprint density at radius 2 is 1.89 bits per heavy atom. The van der Waals surface area contributed by atoms with Crippen molar-refractivity contribution in [3.05, 3.63) is 93.4 Å². The van der Waals surface area contributed by atoms with E-state index in [1.807, 2.05) is 30.3 Å². The molecule has 0 saturated carbocycles. The maximum atomic E-state index is 12.7. The molecule has 4 aromatic rings. The van der Waals surface area contributed by atoms with Gasteiger partial charge in [0, 0.05) is 17.8 Å². The average Bonchev–Trinajstić information content (AvgIpc) is 2.69. The second-order valence-electron chi connectivity index (χ2n) is 6.22. The molecule has 2 aromatic heterocycles. The first-order valence-electron chi connectivity index (χ1n) is 8.56. The van der Waals surface area contributed by atoms with Gasteiger partial charge >= 0.3 is 0 Å². The molecule has 0 aliphatic rings. The summed E-state index contributed by atoms with van der Waals surface area (Å²) in [7, 11) is 0. The van der Waals surface area contributed by atoms with Crippen molar-refractivity contribution in [2.45, 2.75) is 6.42 Å². The van der Waals surface area contributed by atoms with Gasteiger partial charge in [0.05, 0.1) is 16.5 Å². The Morgan fingerprint density at radius 1 is 1.07 bits per heavy atom. The quantitative estimate of drug-likeness (QED) is 0.554. The van der Waals surface area contributed by atoms with E-state index in [4.69, 9.17) is 11.6 Å². The van der Waals surface area contributed by atoms with Crippen LogP contribution in [0.3, 0.4) is 0 Å². The molecule has 0 aliphatic carbocycles. The molecule has 0 saturated heterocycles. The number of nitrogens with one attached hydrogen (secondary N) is 1. The molecule has 0 aliphatic heterocycles. The fourth-order valence-corrected chi connectivity index (χ4v) is 3.15.